The van der Waals surface area contributed by atoms with Gasteiger partial charge >= 0.3 is 0 Å². The van der Waals surface area contributed by atoms with Crippen molar-refractivity contribution in [2.24, 2.45) is 56.2 Å². The van der Waals surface area contributed by atoms with Crippen molar-refractivity contribution in [1.82, 2.24) is 0 Å². The summed E-state index contributed by atoms with van der Waals surface area (Å²) in [6.45, 7) is 18.7. The number of aliphatic hydroxyl groups is 2. The number of rotatable bonds is 10. The van der Waals surface area contributed by atoms with Gasteiger partial charge in [0.1, 0.15) is 23.8 Å². The molecule has 7 heteroatoms. The predicted molar refractivity (Wildman–Crippen MR) is 245 cm³/mol. The van der Waals surface area contributed by atoms with Crippen LogP contribution in [0.5, 0.6) is 0 Å². The smallest absolute Gasteiger partial charge is 0.160 e. The van der Waals surface area contributed by atoms with Gasteiger partial charge in [0.05, 0.1) is 30.3 Å². The van der Waals surface area contributed by atoms with E-state index in [9.17, 15) is 19.8 Å². The number of quaternary nitrogens is 1. The van der Waals surface area contributed by atoms with E-state index < -0.39 is 17.6 Å². The summed E-state index contributed by atoms with van der Waals surface area (Å²) in [6.07, 6.45) is 21.3. The molecule has 10 rings (SSSR count). The Kier molecular flexibility index (Phi) is 10.6. The molecule has 6 aliphatic carbocycles. The van der Waals surface area contributed by atoms with Gasteiger partial charge < -0.3 is 14.9 Å². The van der Waals surface area contributed by atoms with E-state index in [0.29, 0.717) is 43.4 Å². The van der Waals surface area contributed by atoms with Gasteiger partial charge in [-0.1, -0.05) is 90.5 Å². The van der Waals surface area contributed by atoms with Crippen molar-refractivity contribution in [3.63, 3.8) is 0 Å². The number of allylic oxidation sites excluding steroid dienone is 1. The first-order valence-electron chi connectivity index (χ1n) is 25.2. The molecule has 0 aromatic heterocycles. The highest BCUT2D eigenvalue weighted by Gasteiger charge is 2.73. The zero-order valence-electron chi connectivity index (χ0n) is 39.3. The number of nitrogens with zero attached hydrogens (tertiary/aromatic N) is 1. The number of hydrogen-bond acceptors (Lipinski definition) is 6. The maximum absolute atomic E-state index is 14.9. The minimum Gasteiger partial charge on any atom is -0.392 e. The Hall–Kier alpha value is -2.71. The molecule has 62 heavy (non-hydrogen) atoms. The molecule has 3 N–H and O–H groups in total. The maximum atomic E-state index is 14.9. The predicted octanol–water partition coefficient (Wildman–Crippen LogP) is 9.13. The SMILES string of the molecule is Cc1cc(CC2=C[NH+](CC3C4=C(C(C)CC(O)C5OC5(C)C)C(=O)CC4(C)C4(C)CCC5C(C)(CCC(=O)C5(C)C5CCCC5)C4C3O)C3C=CN=C23)cc(C2CCCCC2)c1. The molecule has 1 aromatic rings. The van der Waals surface area contributed by atoms with Crippen molar-refractivity contribution in [1.29, 1.82) is 0 Å². The Morgan fingerprint density at radius 3 is 2.35 bits per heavy atom. The summed E-state index contributed by atoms with van der Waals surface area (Å²) >= 11 is 0. The van der Waals surface area contributed by atoms with Crippen LogP contribution in [0, 0.1) is 58.2 Å². The van der Waals surface area contributed by atoms with Gasteiger partial charge in [0.2, 0.25) is 0 Å². The molecule has 9 aliphatic rings. The van der Waals surface area contributed by atoms with E-state index in [-0.39, 0.29) is 63.4 Å². The zero-order chi connectivity index (χ0) is 43.7. The molecule has 3 heterocycles. The molecule has 1 saturated heterocycles. The molecule has 336 valence electrons. The fraction of sp³-hybridized carbons (Fsp3) is 0.727. The number of aryl methyl sites for hydroxylation is 1. The monoisotopic (exact) mass is 846 g/mol. The summed E-state index contributed by atoms with van der Waals surface area (Å²) in [4.78, 5) is 35.6. The molecular formula is C55H77N2O5+. The van der Waals surface area contributed by atoms with Gasteiger partial charge in [-0.3, -0.25) is 19.5 Å². The number of benzene rings is 1. The van der Waals surface area contributed by atoms with Crippen molar-refractivity contribution in [3.05, 3.63) is 70.1 Å². The van der Waals surface area contributed by atoms with Crippen LogP contribution in [0.25, 0.3) is 0 Å². The lowest BCUT2D eigenvalue weighted by molar-refractivity contribution is -0.856. The summed E-state index contributed by atoms with van der Waals surface area (Å²) in [5, 5.41) is 25.1. The summed E-state index contributed by atoms with van der Waals surface area (Å²) < 4.78 is 5.91. The number of carbonyl (C=O) groups is 2. The highest BCUT2D eigenvalue weighted by molar-refractivity contribution is 6.07. The lowest BCUT2D eigenvalue weighted by atomic mass is 9.34. The van der Waals surface area contributed by atoms with Crippen molar-refractivity contribution in [3.8, 4) is 0 Å². The van der Waals surface area contributed by atoms with Gasteiger partial charge in [0.15, 0.2) is 11.8 Å². The molecule has 5 saturated carbocycles. The number of fused-ring (bicyclic) bond motifs is 6. The lowest BCUT2D eigenvalue weighted by Crippen LogP contribution is -3.11. The third-order valence-corrected chi connectivity index (χ3v) is 20.1. The van der Waals surface area contributed by atoms with Crippen LogP contribution in [0.1, 0.15) is 167 Å². The number of epoxide rings is 1. The van der Waals surface area contributed by atoms with Crippen molar-refractivity contribution < 1.29 is 29.4 Å². The summed E-state index contributed by atoms with van der Waals surface area (Å²) in [7, 11) is 0. The number of ketones is 2. The second-order valence-electron chi connectivity index (χ2n) is 23.9. The van der Waals surface area contributed by atoms with Crippen molar-refractivity contribution in [2.45, 2.75) is 194 Å². The number of hydrogen-bond donors (Lipinski definition) is 3. The zero-order valence-corrected chi connectivity index (χ0v) is 39.3. The first kappa shape index (κ1) is 43.2. The number of ether oxygens (including phenoxy) is 1. The van der Waals surface area contributed by atoms with Crippen LogP contribution in [-0.2, 0) is 20.7 Å². The molecule has 13 atom stereocenters. The van der Waals surface area contributed by atoms with Crippen LogP contribution in [0.4, 0.5) is 0 Å². The van der Waals surface area contributed by atoms with E-state index in [0.717, 1.165) is 49.8 Å². The normalized spacial score (nSPS) is 42.3. The minimum absolute atomic E-state index is 0.0572. The van der Waals surface area contributed by atoms with Gasteiger partial charge in [-0.25, -0.2) is 0 Å². The van der Waals surface area contributed by atoms with Crippen LogP contribution in [0.15, 0.2) is 58.4 Å². The highest BCUT2D eigenvalue weighted by atomic mass is 16.6. The average molecular weight is 846 g/mol. The molecule has 0 amide bonds. The summed E-state index contributed by atoms with van der Waals surface area (Å²) in [6, 6.07) is 7.31. The van der Waals surface area contributed by atoms with Gasteiger partial charge in [0.25, 0.3) is 0 Å². The van der Waals surface area contributed by atoms with Gasteiger partial charge in [0, 0.05) is 41.9 Å². The molecule has 0 bridgehead atoms. The first-order valence-corrected chi connectivity index (χ1v) is 25.2. The van der Waals surface area contributed by atoms with Crippen LogP contribution in [0.2, 0.25) is 0 Å². The quantitative estimate of drug-likeness (QED) is 0.204. The van der Waals surface area contributed by atoms with E-state index in [1.165, 1.54) is 77.7 Å². The van der Waals surface area contributed by atoms with E-state index in [2.05, 4.69) is 72.0 Å². The molecule has 0 spiro atoms. The van der Waals surface area contributed by atoms with E-state index in [1.807, 2.05) is 20.0 Å². The van der Waals surface area contributed by atoms with Gasteiger partial charge in [-0.2, -0.15) is 0 Å². The van der Waals surface area contributed by atoms with Gasteiger partial charge in [-0.05, 0) is 141 Å². The minimum atomic E-state index is -0.675. The molecule has 1 aromatic carbocycles. The second-order valence-corrected chi connectivity index (χ2v) is 23.9. The summed E-state index contributed by atoms with van der Waals surface area (Å²) in [5.41, 5.74) is 6.87. The average Bonchev–Trinajstić information content (AvgIpc) is 3.80. The second kappa shape index (κ2) is 15.2. The Morgan fingerprint density at radius 2 is 1.65 bits per heavy atom. The highest BCUT2D eigenvalue weighted by Crippen LogP contribution is 2.75. The van der Waals surface area contributed by atoms with E-state index in [4.69, 9.17) is 9.73 Å². The Balaban J connectivity index is 1.04. The molecule has 13 unspecified atom stereocenters. The Labute approximate surface area is 372 Å². The van der Waals surface area contributed by atoms with Crippen LogP contribution in [0.3, 0.4) is 0 Å². The number of nitrogens with one attached hydrogen (secondary N) is 1. The standard InChI is InChI=1S/C55H76N2O5/c1-32-24-34(27-36(25-32)35-14-10-9-11-15-35)28-37-30-57(40-20-23-56-47(37)40)31-39-46-45(33(2)26-41(58)50-51(3,4)62-50)42(59)29-54(46,7)53(6)22-18-43-52(5,49(53)48(39)61)21-19-44(60)55(43,8)38-16-12-13-17-38/h20,23-25,27,30,33,35,38-41,43,48-50,58,61H,9-19,21-22,26,28-29,31H2,1-8H3/p+1. The third kappa shape index (κ3) is 6.49. The number of aliphatic imine (C=N–C) groups is 1. The Bertz CT molecular complexity index is 2140. The van der Waals surface area contributed by atoms with Crippen LogP contribution >= 0.6 is 0 Å². The topological polar surface area (TPSA) is 104 Å². The molecule has 0 radical (unpaired) electrons. The number of aliphatic hydroxyl groups excluding tert-OH is 2. The first-order chi connectivity index (χ1) is 29.4. The molecular weight excluding hydrogens is 769 g/mol. The van der Waals surface area contributed by atoms with Gasteiger partial charge in [-0.15, -0.1) is 0 Å². The van der Waals surface area contributed by atoms with Crippen LogP contribution < -0.4 is 4.90 Å². The molecule has 7 nitrogen and oxygen atoms in total. The maximum Gasteiger partial charge on any atom is 0.160 e. The van der Waals surface area contributed by atoms with Crippen molar-refractivity contribution >= 4 is 17.3 Å². The third-order valence-electron chi connectivity index (χ3n) is 20.1. The Morgan fingerprint density at radius 1 is 0.935 bits per heavy atom. The van der Waals surface area contributed by atoms with E-state index in [1.54, 1.807) is 0 Å². The fourth-order valence-electron chi connectivity index (χ4n) is 17.0. The largest absolute Gasteiger partial charge is 0.392 e. The fourth-order valence-corrected chi connectivity index (χ4v) is 17.0. The lowest BCUT2D eigenvalue weighted by Gasteiger charge is -2.70. The number of Topliss-reactive ketones (excluding diaryl/α,β-unsaturated/α-hetero) is 2. The van der Waals surface area contributed by atoms with Crippen LogP contribution in [-0.4, -0.2) is 64.0 Å². The van der Waals surface area contributed by atoms with E-state index >= 15 is 0 Å². The molecule has 3 aliphatic heterocycles. The number of carbonyl (C=O) groups excluding carboxylic acids is 2. The summed E-state index contributed by atoms with van der Waals surface area (Å²) in [5.74, 6) is 1.45. The van der Waals surface area contributed by atoms with Crippen molar-refractivity contribution in [2.75, 3.05) is 6.54 Å². The molecule has 6 fully saturated rings.